The van der Waals surface area contributed by atoms with Gasteiger partial charge in [-0.05, 0) is 18.6 Å². The van der Waals surface area contributed by atoms with Gasteiger partial charge < -0.3 is 4.79 Å². The third kappa shape index (κ3) is 1.74. The summed E-state index contributed by atoms with van der Waals surface area (Å²) >= 11 is 0. The van der Waals surface area contributed by atoms with Crippen LogP contribution in [0.3, 0.4) is 0 Å². The Morgan fingerprint density at radius 1 is 1.38 bits per heavy atom. The zero-order chi connectivity index (χ0) is 10.0. The summed E-state index contributed by atoms with van der Waals surface area (Å²) in [4.78, 5) is 10.4. The average Bonchev–Trinajstić information content (AvgIpc) is 2.12. The van der Waals surface area contributed by atoms with Gasteiger partial charge in [-0.3, -0.25) is 0 Å². The molecule has 1 nitrogen and oxygen atoms in total. The van der Waals surface area contributed by atoms with Crippen molar-refractivity contribution < 1.29 is 13.6 Å². The molecule has 0 N–H and O–H groups in total. The molecule has 0 aliphatic carbocycles. The number of hydrogen-bond acceptors (Lipinski definition) is 1. The fourth-order valence-corrected chi connectivity index (χ4v) is 1.16. The lowest BCUT2D eigenvalue weighted by Crippen LogP contribution is -2.03. The zero-order valence-corrected chi connectivity index (χ0v) is 7.47. The zero-order valence-electron chi connectivity index (χ0n) is 7.47. The minimum Gasteiger partial charge on any atom is -0.303 e. The molecule has 3 heteroatoms. The molecule has 1 aromatic rings. The molecule has 0 saturated carbocycles. The van der Waals surface area contributed by atoms with Gasteiger partial charge in [0.2, 0.25) is 0 Å². The van der Waals surface area contributed by atoms with Gasteiger partial charge in [0.15, 0.2) is 0 Å². The monoisotopic (exact) mass is 184 g/mol. The summed E-state index contributed by atoms with van der Waals surface area (Å²) < 4.78 is 26.4. The molecule has 0 amide bonds. The lowest BCUT2D eigenvalue weighted by Gasteiger charge is -2.08. The standard InChI is InChI=1S/C10H10F2O/c1-6-3-4-8(11)9(10(6)12)7(2)5-13/h3-5,7H,1-2H3. The first kappa shape index (κ1) is 9.84. The summed E-state index contributed by atoms with van der Waals surface area (Å²) in [5.41, 5.74) is 0.208. The van der Waals surface area contributed by atoms with E-state index in [1.807, 2.05) is 0 Å². The Balaban J connectivity index is 3.32. The van der Waals surface area contributed by atoms with Crippen LogP contribution in [-0.2, 0) is 4.79 Å². The van der Waals surface area contributed by atoms with E-state index >= 15 is 0 Å². The van der Waals surface area contributed by atoms with E-state index in [9.17, 15) is 13.6 Å². The molecule has 0 bridgehead atoms. The maximum atomic E-state index is 13.3. The van der Waals surface area contributed by atoms with Crippen LogP contribution in [0.5, 0.6) is 0 Å². The second-order valence-corrected chi connectivity index (χ2v) is 3.02. The third-order valence-corrected chi connectivity index (χ3v) is 1.98. The molecule has 0 aliphatic heterocycles. The number of carbonyl (C=O) groups excluding carboxylic acids is 1. The van der Waals surface area contributed by atoms with E-state index in [-0.39, 0.29) is 5.56 Å². The predicted octanol–water partition coefficient (Wildman–Crippen LogP) is 2.58. The Kier molecular flexibility index (Phi) is 2.76. The number of rotatable bonds is 2. The maximum Gasteiger partial charge on any atom is 0.132 e. The highest BCUT2D eigenvalue weighted by Gasteiger charge is 2.16. The first-order chi connectivity index (χ1) is 6.07. The quantitative estimate of drug-likeness (QED) is 0.645. The normalized spacial score (nSPS) is 12.6. The fourth-order valence-electron chi connectivity index (χ4n) is 1.16. The number of carbonyl (C=O) groups is 1. The molecule has 0 spiro atoms. The van der Waals surface area contributed by atoms with Crippen molar-refractivity contribution in [3.8, 4) is 0 Å². The summed E-state index contributed by atoms with van der Waals surface area (Å²) in [5.74, 6) is -2.03. The molecule has 0 aromatic heterocycles. The van der Waals surface area contributed by atoms with Crippen LogP contribution in [0.1, 0.15) is 24.0 Å². The number of hydrogen-bond donors (Lipinski definition) is 0. The van der Waals surface area contributed by atoms with Gasteiger partial charge in [0.05, 0.1) is 0 Å². The molecule has 0 aliphatic rings. The van der Waals surface area contributed by atoms with E-state index in [0.29, 0.717) is 11.8 Å². The smallest absolute Gasteiger partial charge is 0.132 e. The van der Waals surface area contributed by atoms with Gasteiger partial charge in [0, 0.05) is 11.5 Å². The third-order valence-electron chi connectivity index (χ3n) is 1.98. The van der Waals surface area contributed by atoms with Crippen LogP contribution < -0.4 is 0 Å². The molecule has 1 unspecified atom stereocenters. The topological polar surface area (TPSA) is 17.1 Å². The summed E-state index contributed by atoms with van der Waals surface area (Å²) in [7, 11) is 0. The highest BCUT2D eigenvalue weighted by Crippen LogP contribution is 2.22. The highest BCUT2D eigenvalue weighted by atomic mass is 19.1. The van der Waals surface area contributed by atoms with Crippen molar-refractivity contribution in [3.63, 3.8) is 0 Å². The van der Waals surface area contributed by atoms with E-state index in [1.165, 1.54) is 26.0 Å². The van der Waals surface area contributed by atoms with Crippen molar-refractivity contribution in [2.45, 2.75) is 19.8 Å². The van der Waals surface area contributed by atoms with Crippen LogP contribution in [-0.4, -0.2) is 6.29 Å². The molecule has 0 radical (unpaired) electrons. The van der Waals surface area contributed by atoms with Gasteiger partial charge in [-0.25, -0.2) is 8.78 Å². The first-order valence-corrected chi connectivity index (χ1v) is 3.97. The van der Waals surface area contributed by atoms with Crippen LogP contribution in [0.25, 0.3) is 0 Å². The highest BCUT2D eigenvalue weighted by molar-refractivity contribution is 5.62. The van der Waals surface area contributed by atoms with Gasteiger partial charge in [-0.15, -0.1) is 0 Å². The summed E-state index contributed by atoms with van der Waals surface area (Å²) in [6, 6.07) is 2.53. The molecule has 70 valence electrons. The Bertz CT molecular complexity index is 334. The minimum atomic E-state index is -0.736. The van der Waals surface area contributed by atoms with Gasteiger partial charge in [0.1, 0.15) is 17.9 Å². The van der Waals surface area contributed by atoms with Crippen molar-refractivity contribution in [1.82, 2.24) is 0 Å². The van der Waals surface area contributed by atoms with Gasteiger partial charge in [-0.2, -0.15) is 0 Å². The van der Waals surface area contributed by atoms with Gasteiger partial charge >= 0.3 is 0 Å². The number of aryl methyl sites for hydroxylation is 1. The van der Waals surface area contributed by atoms with Crippen LogP contribution in [0.2, 0.25) is 0 Å². The Labute approximate surface area is 75.4 Å². The number of halogens is 2. The van der Waals surface area contributed by atoms with Crippen LogP contribution >= 0.6 is 0 Å². The lowest BCUT2D eigenvalue weighted by molar-refractivity contribution is -0.108. The SMILES string of the molecule is Cc1ccc(F)c(C(C)C=O)c1F. The number of benzene rings is 1. The molecule has 1 rings (SSSR count). The minimum absolute atomic E-state index is 0.144. The van der Waals surface area contributed by atoms with Gasteiger partial charge in [0.25, 0.3) is 0 Å². The van der Waals surface area contributed by atoms with E-state index in [2.05, 4.69) is 0 Å². The molecule has 0 saturated heterocycles. The molecular formula is C10H10F2O. The molecule has 1 aromatic carbocycles. The number of aldehydes is 1. The summed E-state index contributed by atoms with van der Waals surface area (Å²) in [6.45, 7) is 3.00. The Morgan fingerprint density at radius 3 is 2.54 bits per heavy atom. The fraction of sp³-hybridized carbons (Fsp3) is 0.300. The largest absolute Gasteiger partial charge is 0.303 e. The molecule has 0 fully saturated rings. The lowest BCUT2D eigenvalue weighted by atomic mass is 9.99. The van der Waals surface area contributed by atoms with E-state index < -0.39 is 17.6 Å². The van der Waals surface area contributed by atoms with Gasteiger partial charge in [-0.1, -0.05) is 13.0 Å². The van der Waals surface area contributed by atoms with E-state index in [1.54, 1.807) is 0 Å². The Morgan fingerprint density at radius 2 is 2.00 bits per heavy atom. The van der Waals surface area contributed by atoms with Crippen molar-refractivity contribution in [1.29, 1.82) is 0 Å². The Hall–Kier alpha value is -1.25. The molecular weight excluding hydrogens is 174 g/mol. The molecule has 0 heterocycles. The average molecular weight is 184 g/mol. The van der Waals surface area contributed by atoms with Crippen molar-refractivity contribution in [2.75, 3.05) is 0 Å². The van der Waals surface area contributed by atoms with Crippen LogP contribution in [0.4, 0.5) is 8.78 Å². The molecule has 1 atom stereocenters. The van der Waals surface area contributed by atoms with Crippen molar-refractivity contribution >= 4 is 6.29 Å². The summed E-state index contributed by atoms with van der Waals surface area (Å²) in [5, 5.41) is 0. The molecule has 13 heavy (non-hydrogen) atoms. The van der Waals surface area contributed by atoms with Crippen molar-refractivity contribution in [2.24, 2.45) is 0 Å². The second kappa shape index (κ2) is 3.64. The first-order valence-electron chi connectivity index (χ1n) is 3.97. The predicted molar refractivity (Wildman–Crippen MR) is 45.6 cm³/mol. The second-order valence-electron chi connectivity index (χ2n) is 3.02. The van der Waals surface area contributed by atoms with Crippen LogP contribution in [0.15, 0.2) is 12.1 Å². The van der Waals surface area contributed by atoms with E-state index in [0.717, 1.165) is 0 Å². The van der Waals surface area contributed by atoms with Crippen LogP contribution in [0, 0.1) is 18.6 Å². The van der Waals surface area contributed by atoms with E-state index in [4.69, 9.17) is 0 Å². The van der Waals surface area contributed by atoms with Crippen molar-refractivity contribution in [3.05, 3.63) is 34.9 Å². The maximum absolute atomic E-state index is 13.3. The summed E-state index contributed by atoms with van der Waals surface area (Å²) in [6.07, 6.45) is 0.529.